The molecule has 52 heavy (non-hydrogen) atoms. The van der Waals surface area contributed by atoms with Crippen LogP contribution in [0.2, 0.25) is 0 Å². The molecule has 0 aliphatic rings. The lowest BCUT2D eigenvalue weighted by molar-refractivity contribution is -0.155. The largest absolute Gasteiger partial charge is 0.465 e. The zero-order valence-electron chi connectivity index (χ0n) is 35.0. The molecule has 0 aliphatic heterocycles. The third-order valence-corrected chi connectivity index (χ3v) is 8.74. The summed E-state index contributed by atoms with van der Waals surface area (Å²) in [5, 5.41) is 53.4. The quantitative estimate of drug-likeness (QED) is 0.0620. The van der Waals surface area contributed by atoms with E-state index in [1.807, 2.05) is 55.4 Å². The Morgan fingerprint density at radius 1 is 0.462 bits per heavy atom. The van der Waals surface area contributed by atoms with Gasteiger partial charge in [0.15, 0.2) is 0 Å². The second kappa shape index (κ2) is 30.5. The Balaban J connectivity index is -0.000000694. The Hall–Kier alpha value is -1.83. The molecule has 2 atom stereocenters. The van der Waals surface area contributed by atoms with Crippen LogP contribution in [0.25, 0.3) is 0 Å². The van der Waals surface area contributed by atoms with Crippen molar-refractivity contribution in [1.82, 2.24) is 0 Å². The van der Waals surface area contributed by atoms with Crippen LogP contribution in [0, 0.1) is 70.5 Å². The zero-order valence-corrected chi connectivity index (χ0v) is 35.0. The fourth-order valence-electron chi connectivity index (χ4n) is 5.20. The molecule has 0 saturated carbocycles. The summed E-state index contributed by atoms with van der Waals surface area (Å²) in [6.45, 7) is 25.8. The Labute approximate surface area is 316 Å². The van der Waals surface area contributed by atoms with E-state index in [2.05, 4.69) is 34.6 Å². The zero-order chi connectivity index (χ0) is 41.2. The van der Waals surface area contributed by atoms with Gasteiger partial charge in [0.2, 0.25) is 0 Å². The molecule has 6 N–H and O–H groups in total. The summed E-state index contributed by atoms with van der Waals surface area (Å²) in [6, 6.07) is 0. The summed E-state index contributed by atoms with van der Waals surface area (Å²) < 4.78 is 15.5. The highest BCUT2D eigenvalue weighted by Crippen LogP contribution is 2.30. The highest BCUT2D eigenvalue weighted by molar-refractivity contribution is 5.73. The lowest BCUT2D eigenvalue weighted by Gasteiger charge is -2.27. The van der Waals surface area contributed by atoms with E-state index >= 15 is 0 Å². The lowest BCUT2D eigenvalue weighted by Crippen LogP contribution is -2.30. The fraction of sp³-hybridized carbons (Fsp3) is 0.925. The number of aliphatic hydroxyl groups is 6. The molecule has 0 spiro atoms. The van der Waals surface area contributed by atoms with Gasteiger partial charge in [-0.25, -0.2) is 0 Å². The summed E-state index contributed by atoms with van der Waals surface area (Å²) >= 11 is 0. The maximum atomic E-state index is 12.0. The van der Waals surface area contributed by atoms with Gasteiger partial charge in [-0.3, -0.25) is 14.4 Å². The van der Waals surface area contributed by atoms with Crippen molar-refractivity contribution < 1.29 is 59.2 Å². The molecule has 0 saturated heterocycles. The maximum Gasteiger partial charge on any atom is 0.309 e. The van der Waals surface area contributed by atoms with Gasteiger partial charge in [-0.05, 0) is 47.8 Å². The van der Waals surface area contributed by atoms with E-state index in [4.69, 9.17) is 44.8 Å². The fourth-order valence-corrected chi connectivity index (χ4v) is 5.20. The van der Waals surface area contributed by atoms with Gasteiger partial charge < -0.3 is 44.8 Å². The number of hydrogen-bond donors (Lipinski definition) is 6. The molecular weight excluding hydrogens is 672 g/mol. The molecule has 0 bridgehead atoms. The smallest absolute Gasteiger partial charge is 0.309 e. The van der Waals surface area contributed by atoms with Crippen molar-refractivity contribution in [3.8, 4) is 0 Å². The van der Waals surface area contributed by atoms with Crippen LogP contribution in [0.4, 0.5) is 0 Å². The number of esters is 3. The number of carbonyl (C=O) groups is 3. The second-order valence-electron chi connectivity index (χ2n) is 17.0. The van der Waals surface area contributed by atoms with Crippen LogP contribution < -0.4 is 0 Å². The number of aliphatic hydroxyl groups excluding tert-OH is 6. The van der Waals surface area contributed by atoms with Crippen LogP contribution in [0.5, 0.6) is 0 Å². The average molecular weight is 753 g/mol. The van der Waals surface area contributed by atoms with Crippen molar-refractivity contribution >= 4 is 17.9 Å². The molecule has 0 amide bonds. The number of rotatable bonds is 23. The third kappa shape index (κ3) is 26.9. The Bertz CT molecular complexity index is 877. The molecule has 12 nitrogen and oxygen atoms in total. The van der Waals surface area contributed by atoms with Gasteiger partial charge in [-0.15, -0.1) is 0 Å². The molecule has 0 radical (unpaired) electrons. The molecular formula is C40H80O12. The van der Waals surface area contributed by atoms with Crippen molar-refractivity contribution in [2.24, 2.45) is 70.5 Å². The standard InChI is InChI=1S/2C14H28O4.C12H24O4/c1-10(2)12(6-14(3,4)5)13(17)18-9-11(7-15)8-16;1-10(2)5-6-13(11(3)4)14(17)18-9-12(7-15)8-16;1-8(2)11(9(3)4)12(15)16-7-10(5-13)6-14/h10-12,15-16H,6-9H2,1-5H3;10-13,15-16H,5-9H2,1-4H3;8-11,13-14H,5-7H2,1-4H3. The van der Waals surface area contributed by atoms with Gasteiger partial charge in [0.25, 0.3) is 0 Å². The van der Waals surface area contributed by atoms with Gasteiger partial charge in [0, 0.05) is 17.8 Å². The van der Waals surface area contributed by atoms with Gasteiger partial charge >= 0.3 is 17.9 Å². The molecule has 0 aliphatic carbocycles. The molecule has 0 aromatic rings. The molecule has 0 aromatic carbocycles. The minimum Gasteiger partial charge on any atom is -0.465 e. The SMILES string of the molecule is CC(C)C(C(=O)OCC(CO)CO)C(C)C.CC(C)C(CC(C)(C)C)C(=O)OCC(CO)CO.CC(C)CCC(C(=O)OCC(CO)CO)C(C)C. The molecule has 12 heteroatoms. The van der Waals surface area contributed by atoms with Crippen molar-refractivity contribution in [3.05, 3.63) is 0 Å². The minimum atomic E-state index is -0.378. The predicted octanol–water partition coefficient (Wildman–Crippen LogP) is 4.74. The average Bonchev–Trinajstić information content (AvgIpc) is 3.04. The van der Waals surface area contributed by atoms with Crippen LogP contribution in [0.3, 0.4) is 0 Å². The highest BCUT2D eigenvalue weighted by atomic mass is 16.5. The van der Waals surface area contributed by atoms with Crippen molar-refractivity contribution in [2.75, 3.05) is 59.5 Å². The van der Waals surface area contributed by atoms with Crippen molar-refractivity contribution in [1.29, 1.82) is 0 Å². The summed E-state index contributed by atoms with van der Waals surface area (Å²) in [6.07, 6.45) is 2.60. The first-order chi connectivity index (χ1) is 24.1. The molecule has 0 heterocycles. The van der Waals surface area contributed by atoms with Crippen molar-refractivity contribution in [3.63, 3.8) is 0 Å². The Kier molecular flexibility index (Phi) is 32.0. The summed E-state index contributed by atoms with van der Waals surface area (Å²) in [5.41, 5.74) is 0.0707. The summed E-state index contributed by atoms with van der Waals surface area (Å²) in [7, 11) is 0. The Morgan fingerprint density at radius 3 is 1.02 bits per heavy atom. The highest BCUT2D eigenvalue weighted by Gasteiger charge is 2.30. The normalized spacial score (nSPS) is 13.2. The van der Waals surface area contributed by atoms with E-state index < -0.39 is 0 Å². The molecule has 0 aromatic heterocycles. The molecule has 0 rings (SSSR count). The van der Waals surface area contributed by atoms with Gasteiger partial charge in [0.1, 0.15) is 0 Å². The first-order valence-electron chi connectivity index (χ1n) is 19.2. The third-order valence-electron chi connectivity index (χ3n) is 8.74. The molecule has 2 unspecified atom stereocenters. The molecule has 312 valence electrons. The van der Waals surface area contributed by atoms with Gasteiger partial charge in [-0.1, -0.05) is 96.4 Å². The van der Waals surface area contributed by atoms with E-state index in [9.17, 15) is 14.4 Å². The number of hydrogen-bond acceptors (Lipinski definition) is 12. The summed E-state index contributed by atoms with van der Waals surface area (Å²) in [5.74, 6) is -0.651. The lowest BCUT2D eigenvalue weighted by atomic mass is 9.80. The molecule has 0 fully saturated rings. The topological polar surface area (TPSA) is 200 Å². The van der Waals surface area contributed by atoms with Crippen LogP contribution in [-0.2, 0) is 28.6 Å². The van der Waals surface area contributed by atoms with E-state index in [-0.39, 0.29) is 142 Å². The number of ether oxygens (including phenoxy) is 3. The van der Waals surface area contributed by atoms with Crippen LogP contribution >= 0.6 is 0 Å². The van der Waals surface area contributed by atoms with Crippen LogP contribution in [-0.4, -0.2) is 108 Å². The summed E-state index contributed by atoms with van der Waals surface area (Å²) in [4.78, 5) is 35.7. The predicted molar refractivity (Wildman–Crippen MR) is 204 cm³/mol. The minimum absolute atomic E-state index is 0.0707. The van der Waals surface area contributed by atoms with E-state index in [0.717, 1.165) is 19.3 Å². The van der Waals surface area contributed by atoms with Crippen molar-refractivity contribution in [2.45, 2.75) is 109 Å². The van der Waals surface area contributed by atoms with E-state index in [1.54, 1.807) is 0 Å². The van der Waals surface area contributed by atoms with Gasteiger partial charge in [0.05, 0.1) is 77.2 Å². The monoisotopic (exact) mass is 753 g/mol. The van der Waals surface area contributed by atoms with Crippen LogP contribution in [0.15, 0.2) is 0 Å². The first-order valence-corrected chi connectivity index (χ1v) is 19.2. The maximum absolute atomic E-state index is 12.0. The Morgan fingerprint density at radius 2 is 0.769 bits per heavy atom. The second-order valence-corrected chi connectivity index (χ2v) is 17.0. The first kappa shape index (κ1) is 54.5. The number of carbonyl (C=O) groups excluding carboxylic acids is 3. The van der Waals surface area contributed by atoms with E-state index in [1.165, 1.54) is 0 Å². The van der Waals surface area contributed by atoms with Crippen LogP contribution in [0.1, 0.15) is 109 Å². The van der Waals surface area contributed by atoms with E-state index in [0.29, 0.717) is 5.92 Å². The van der Waals surface area contributed by atoms with Gasteiger partial charge in [-0.2, -0.15) is 0 Å².